The lowest BCUT2D eigenvalue weighted by atomic mass is 10.1. The van der Waals surface area contributed by atoms with Gasteiger partial charge in [-0.2, -0.15) is 0 Å². The van der Waals surface area contributed by atoms with E-state index in [4.69, 9.17) is 0 Å². The van der Waals surface area contributed by atoms with Gasteiger partial charge in [0.1, 0.15) is 0 Å². The molecule has 2 aromatic heterocycles. The van der Waals surface area contributed by atoms with Crippen molar-refractivity contribution in [3.05, 3.63) is 64.7 Å². The number of aromatic amines is 1. The molecular formula is C17H17N3O4S. The molecule has 0 atom stereocenters. The molecule has 0 aliphatic heterocycles. The highest BCUT2D eigenvalue weighted by atomic mass is 32.2. The topological polar surface area (TPSA) is 92.2 Å². The van der Waals surface area contributed by atoms with Gasteiger partial charge < -0.3 is 9.55 Å². The smallest absolute Gasteiger partial charge is 0.251 e. The van der Waals surface area contributed by atoms with Gasteiger partial charge in [0.05, 0.1) is 11.4 Å². The molecule has 0 aliphatic rings. The molecule has 25 heavy (non-hydrogen) atoms. The predicted octanol–water partition coefficient (Wildman–Crippen LogP) is 1.46. The number of carbonyl (C=O) groups excluding carboxylic acids is 1. The first-order valence-corrected chi connectivity index (χ1v) is 8.97. The molecule has 0 aliphatic carbocycles. The Kier molecular flexibility index (Phi) is 4.32. The van der Waals surface area contributed by atoms with E-state index in [2.05, 4.69) is 4.98 Å². The number of nitrogens with one attached hydrogen (secondary N) is 1. The minimum absolute atomic E-state index is 0.0381. The fourth-order valence-electron chi connectivity index (χ4n) is 2.54. The van der Waals surface area contributed by atoms with E-state index in [1.165, 1.54) is 26.4 Å². The second-order valence-electron chi connectivity index (χ2n) is 5.79. The number of rotatable bonds is 5. The molecule has 1 aromatic carbocycles. The van der Waals surface area contributed by atoms with Crippen molar-refractivity contribution in [1.29, 1.82) is 0 Å². The van der Waals surface area contributed by atoms with Crippen molar-refractivity contribution < 1.29 is 13.2 Å². The van der Waals surface area contributed by atoms with Crippen molar-refractivity contribution in [2.45, 2.75) is 11.4 Å². The summed E-state index contributed by atoms with van der Waals surface area (Å²) >= 11 is 0. The monoisotopic (exact) mass is 359 g/mol. The third-order valence-electron chi connectivity index (χ3n) is 3.94. The Balaban J connectivity index is 1.98. The molecule has 0 unspecified atom stereocenters. The molecule has 0 saturated carbocycles. The minimum atomic E-state index is -3.68. The van der Waals surface area contributed by atoms with Crippen LogP contribution in [-0.4, -0.2) is 42.2 Å². The number of pyridine rings is 1. The molecule has 130 valence electrons. The molecule has 0 amide bonds. The van der Waals surface area contributed by atoms with E-state index in [9.17, 15) is 18.0 Å². The lowest BCUT2D eigenvalue weighted by Gasteiger charge is -2.13. The summed E-state index contributed by atoms with van der Waals surface area (Å²) in [5.41, 5.74) is 0.844. The number of H-pyrrole nitrogens is 1. The maximum atomic E-state index is 12.6. The summed E-state index contributed by atoms with van der Waals surface area (Å²) in [7, 11) is -0.875. The highest BCUT2D eigenvalue weighted by Crippen LogP contribution is 2.19. The number of aromatic nitrogens is 2. The molecule has 2 heterocycles. The number of hydrogen-bond acceptors (Lipinski definition) is 4. The predicted molar refractivity (Wildman–Crippen MR) is 94.2 cm³/mol. The first-order valence-electron chi connectivity index (χ1n) is 7.53. The van der Waals surface area contributed by atoms with E-state index in [1.807, 2.05) is 24.3 Å². The van der Waals surface area contributed by atoms with Crippen molar-refractivity contribution in [3.63, 3.8) is 0 Å². The van der Waals surface area contributed by atoms with Gasteiger partial charge in [0, 0.05) is 49.0 Å². The Morgan fingerprint density at radius 2 is 1.88 bits per heavy atom. The molecule has 0 fully saturated rings. The normalized spacial score (nSPS) is 12.0. The summed E-state index contributed by atoms with van der Waals surface area (Å²) < 4.78 is 26.6. The number of nitrogens with zero attached hydrogens (tertiary/aromatic N) is 2. The zero-order valence-corrected chi connectivity index (χ0v) is 14.6. The molecule has 8 heteroatoms. The third-order valence-corrected chi connectivity index (χ3v) is 5.74. The van der Waals surface area contributed by atoms with Crippen molar-refractivity contribution in [2.75, 3.05) is 14.1 Å². The van der Waals surface area contributed by atoms with E-state index in [0.29, 0.717) is 5.56 Å². The SMILES string of the molecule is CN(C)S(=O)(=O)c1ccc(=O)n(CC(=O)c2c[nH]c3ccccc23)c1. The number of benzene rings is 1. The van der Waals surface area contributed by atoms with Gasteiger partial charge >= 0.3 is 0 Å². The number of hydrogen-bond donors (Lipinski definition) is 1. The van der Waals surface area contributed by atoms with Gasteiger partial charge in [0.2, 0.25) is 10.0 Å². The first-order chi connectivity index (χ1) is 11.8. The summed E-state index contributed by atoms with van der Waals surface area (Å²) in [5.74, 6) is -0.279. The van der Waals surface area contributed by atoms with Crippen LogP contribution >= 0.6 is 0 Å². The van der Waals surface area contributed by atoms with Gasteiger partial charge in [0.15, 0.2) is 5.78 Å². The van der Waals surface area contributed by atoms with E-state index >= 15 is 0 Å². The van der Waals surface area contributed by atoms with Crippen LogP contribution in [0, 0.1) is 0 Å². The Labute approximate surface area is 144 Å². The fraction of sp³-hybridized carbons (Fsp3) is 0.176. The van der Waals surface area contributed by atoms with Gasteiger partial charge in [-0.25, -0.2) is 12.7 Å². The zero-order chi connectivity index (χ0) is 18.2. The Hall–Kier alpha value is -2.71. The lowest BCUT2D eigenvalue weighted by Crippen LogP contribution is -2.27. The van der Waals surface area contributed by atoms with Gasteiger partial charge in [-0.1, -0.05) is 18.2 Å². The van der Waals surface area contributed by atoms with Crippen LogP contribution in [0.4, 0.5) is 0 Å². The third kappa shape index (κ3) is 3.13. The summed E-state index contributed by atoms with van der Waals surface area (Å²) in [6, 6.07) is 9.73. The molecule has 3 aromatic rings. The maximum Gasteiger partial charge on any atom is 0.251 e. The van der Waals surface area contributed by atoms with Crippen LogP contribution in [0.1, 0.15) is 10.4 Å². The van der Waals surface area contributed by atoms with E-state index < -0.39 is 15.6 Å². The Morgan fingerprint density at radius 1 is 1.16 bits per heavy atom. The van der Waals surface area contributed by atoms with Crippen molar-refractivity contribution in [2.24, 2.45) is 0 Å². The number of fused-ring (bicyclic) bond motifs is 1. The van der Waals surface area contributed by atoms with E-state index in [-0.39, 0.29) is 17.2 Å². The molecule has 0 radical (unpaired) electrons. The van der Waals surface area contributed by atoms with Crippen LogP contribution < -0.4 is 5.56 Å². The van der Waals surface area contributed by atoms with Crippen LogP contribution in [0.5, 0.6) is 0 Å². The van der Waals surface area contributed by atoms with Crippen LogP contribution in [0.2, 0.25) is 0 Å². The molecule has 3 rings (SSSR count). The molecular weight excluding hydrogens is 342 g/mol. The molecule has 1 N–H and O–H groups in total. The Bertz CT molecular complexity index is 1110. The van der Waals surface area contributed by atoms with Gasteiger partial charge in [-0.15, -0.1) is 0 Å². The quantitative estimate of drug-likeness (QED) is 0.698. The van der Waals surface area contributed by atoms with Crippen LogP contribution in [0.25, 0.3) is 10.9 Å². The highest BCUT2D eigenvalue weighted by molar-refractivity contribution is 7.89. The Morgan fingerprint density at radius 3 is 2.60 bits per heavy atom. The zero-order valence-electron chi connectivity index (χ0n) is 13.8. The molecule has 7 nitrogen and oxygen atoms in total. The lowest BCUT2D eigenvalue weighted by molar-refractivity contribution is 0.0972. The van der Waals surface area contributed by atoms with E-state index in [1.54, 1.807) is 6.20 Å². The van der Waals surface area contributed by atoms with Crippen LogP contribution in [0.15, 0.2) is 58.5 Å². The second kappa shape index (κ2) is 6.30. The average molecular weight is 359 g/mol. The molecule has 0 saturated heterocycles. The number of ketones is 1. The summed E-state index contributed by atoms with van der Waals surface area (Å²) in [6.07, 6.45) is 2.79. The van der Waals surface area contributed by atoms with Gasteiger partial charge in [0.25, 0.3) is 5.56 Å². The van der Waals surface area contributed by atoms with Gasteiger partial charge in [-0.3, -0.25) is 9.59 Å². The maximum absolute atomic E-state index is 12.6. The van der Waals surface area contributed by atoms with E-state index in [0.717, 1.165) is 25.8 Å². The summed E-state index contributed by atoms with van der Waals surface area (Å²) in [6.45, 7) is -0.239. The van der Waals surface area contributed by atoms with Crippen molar-refractivity contribution in [3.8, 4) is 0 Å². The highest BCUT2D eigenvalue weighted by Gasteiger charge is 2.19. The number of Topliss-reactive ketones (excluding diaryl/α,β-unsaturated/α-hetero) is 1. The fourth-order valence-corrected chi connectivity index (χ4v) is 3.46. The second-order valence-corrected chi connectivity index (χ2v) is 7.94. The molecule has 0 bridgehead atoms. The van der Waals surface area contributed by atoms with Crippen LogP contribution in [-0.2, 0) is 16.6 Å². The number of para-hydroxylation sites is 1. The van der Waals surface area contributed by atoms with Crippen molar-refractivity contribution >= 4 is 26.7 Å². The van der Waals surface area contributed by atoms with Crippen molar-refractivity contribution in [1.82, 2.24) is 13.9 Å². The largest absolute Gasteiger partial charge is 0.360 e. The molecule has 0 spiro atoms. The summed E-state index contributed by atoms with van der Waals surface area (Å²) in [5, 5.41) is 0.762. The minimum Gasteiger partial charge on any atom is -0.360 e. The van der Waals surface area contributed by atoms with Gasteiger partial charge in [-0.05, 0) is 12.1 Å². The first kappa shape index (κ1) is 17.1. The number of carbonyl (C=O) groups is 1. The number of sulfonamides is 1. The average Bonchev–Trinajstić information content (AvgIpc) is 3.00. The summed E-state index contributed by atoms with van der Waals surface area (Å²) in [4.78, 5) is 27.6. The van der Waals surface area contributed by atoms with Crippen LogP contribution in [0.3, 0.4) is 0 Å². The standard InChI is InChI=1S/C17H17N3O4S/c1-19(2)25(23,24)12-7-8-17(22)20(10-12)11-16(21)14-9-18-15-6-4-3-5-13(14)15/h3-10,18H,11H2,1-2H3.